The van der Waals surface area contributed by atoms with Gasteiger partial charge in [-0.3, -0.25) is 0 Å². The molecule has 1 saturated heterocycles. The van der Waals surface area contributed by atoms with E-state index in [2.05, 4.69) is 15.3 Å². The first kappa shape index (κ1) is 13.1. The van der Waals surface area contributed by atoms with Crippen molar-refractivity contribution in [1.29, 1.82) is 0 Å². The Labute approximate surface area is 101 Å². The smallest absolute Gasteiger partial charge is 0.225 e. The minimum atomic E-state index is -0.395. The maximum Gasteiger partial charge on any atom is 0.225 e. The molecule has 1 aliphatic heterocycles. The monoisotopic (exact) mass is 246 g/mol. The van der Waals surface area contributed by atoms with Crippen LogP contribution in [0.3, 0.4) is 0 Å². The number of rotatable bonds is 2. The van der Waals surface area contributed by atoms with Crippen LogP contribution in [0.2, 0.25) is 0 Å². The molecule has 0 aliphatic carbocycles. The molecule has 16 heavy (non-hydrogen) atoms. The van der Waals surface area contributed by atoms with Gasteiger partial charge in [-0.05, 0) is 19.4 Å². The molecule has 1 aromatic rings. The van der Waals surface area contributed by atoms with Gasteiger partial charge in [-0.1, -0.05) is 0 Å². The van der Waals surface area contributed by atoms with Gasteiger partial charge in [0.15, 0.2) is 5.82 Å². The zero-order chi connectivity index (χ0) is 10.7. The van der Waals surface area contributed by atoms with Crippen LogP contribution in [0.4, 0.5) is 10.3 Å². The molecule has 0 aromatic carbocycles. The summed E-state index contributed by atoms with van der Waals surface area (Å²) in [6, 6.07) is 0.407. The maximum absolute atomic E-state index is 12.6. The molecule has 2 rings (SSSR count). The van der Waals surface area contributed by atoms with Gasteiger partial charge in [0.05, 0.1) is 12.4 Å². The Morgan fingerprint density at radius 1 is 1.44 bits per heavy atom. The van der Waals surface area contributed by atoms with E-state index >= 15 is 0 Å². The van der Waals surface area contributed by atoms with E-state index in [1.54, 1.807) is 0 Å². The van der Waals surface area contributed by atoms with Gasteiger partial charge in [0.1, 0.15) is 0 Å². The Morgan fingerprint density at radius 2 is 2.12 bits per heavy atom. The molecule has 0 radical (unpaired) electrons. The van der Waals surface area contributed by atoms with Crippen molar-refractivity contribution < 1.29 is 4.39 Å². The van der Waals surface area contributed by atoms with E-state index in [0.29, 0.717) is 12.0 Å². The summed E-state index contributed by atoms with van der Waals surface area (Å²) in [7, 11) is 1.95. The van der Waals surface area contributed by atoms with Gasteiger partial charge < -0.3 is 10.2 Å². The number of nitrogens with zero attached hydrogens (tertiary/aromatic N) is 3. The number of halogens is 2. The molecule has 1 N–H and O–H groups in total. The second kappa shape index (κ2) is 5.96. The lowest BCUT2D eigenvalue weighted by atomic mass is 10.1. The zero-order valence-electron chi connectivity index (χ0n) is 9.19. The number of hydrogen-bond acceptors (Lipinski definition) is 4. The highest BCUT2D eigenvalue weighted by Gasteiger charge is 2.19. The molecule has 1 fully saturated rings. The quantitative estimate of drug-likeness (QED) is 0.852. The van der Waals surface area contributed by atoms with E-state index in [1.165, 1.54) is 12.4 Å². The molecule has 4 nitrogen and oxygen atoms in total. The third kappa shape index (κ3) is 3.02. The van der Waals surface area contributed by atoms with Crippen LogP contribution >= 0.6 is 12.4 Å². The third-order valence-corrected chi connectivity index (χ3v) is 2.74. The Balaban J connectivity index is 0.00000128. The minimum Gasteiger partial charge on any atom is -0.340 e. The molecule has 1 aromatic heterocycles. The van der Waals surface area contributed by atoms with Crippen molar-refractivity contribution in [1.82, 2.24) is 15.3 Å². The second-order valence-corrected chi connectivity index (χ2v) is 3.81. The van der Waals surface area contributed by atoms with Crippen LogP contribution in [-0.4, -0.2) is 36.1 Å². The highest BCUT2D eigenvalue weighted by molar-refractivity contribution is 5.85. The Kier molecular flexibility index (Phi) is 4.89. The van der Waals surface area contributed by atoms with Gasteiger partial charge in [0.2, 0.25) is 5.95 Å². The number of anilines is 1. The first-order valence-corrected chi connectivity index (χ1v) is 5.18. The van der Waals surface area contributed by atoms with Crippen molar-refractivity contribution in [2.45, 2.75) is 18.9 Å². The molecule has 0 saturated carbocycles. The lowest BCUT2D eigenvalue weighted by Gasteiger charge is -2.31. The van der Waals surface area contributed by atoms with E-state index in [0.717, 1.165) is 25.9 Å². The van der Waals surface area contributed by atoms with Crippen molar-refractivity contribution in [2.24, 2.45) is 0 Å². The highest BCUT2D eigenvalue weighted by atomic mass is 35.5. The third-order valence-electron chi connectivity index (χ3n) is 2.74. The standard InChI is InChI=1S/C10H15FN4.ClH/c1-15(9-3-2-4-12-7-9)10-13-5-8(11)6-14-10;/h5-6,9,12H,2-4,7H2,1H3;1H/t9-;/m0./s1. The molecule has 0 bridgehead atoms. The van der Waals surface area contributed by atoms with Gasteiger partial charge in [0, 0.05) is 19.6 Å². The summed E-state index contributed by atoms with van der Waals surface area (Å²) < 4.78 is 12.6. The average molecular weight is 247 g/mol. The summed E-state index contributed by atoms with van der Waals surface area (Å²) in [4.78, 5) is 9.94. The minimum absolute atomic E-state index is 0. The van der Waals surface area contributed by atoms with Crippen LogP contribution in [0.1, 0.15) is 12.8 Å². The van der Waals surface area contributed by atoms with Gasteiger partial charge in [-0.25, -0.2) is 14.4 Å². The van der Waals surface area contributed by atoms with Crippen LogP contribution in [0.25, 0.3) is 0 Å². The largest absolute Gasteiger partial charge is 0.340 e. The van der Waals surface area contributed by atoms with Gasteiger partial charge in [-0.2, -0.15) is 0 Å². The zero-order valence-corrected chi connectivity index (χ0v) is 10.0. The fourth-order valence-corrected chi connectivity index (χ4v) is 1.81. The molecule has 0 spiro atoms. The number of likely N-dealkylation sites (N-methyl/N-ethyl adjacent to an activating group) is 1. The summed E-state index contributed by atoms with van der Waals surface area (Å²) in [5.41, 5.74) is 0. The van der Waals surface area contributed by atoms with Crippen molar-refractivity contribution in [3.8, 4) is 0 Å². The Hall–Kier alpha value is -0.940. The topological polar surface area (TPSA) is 41.1 Å². The molecular formula is C10H16ClFN4. The van der Waals surface area contributed by atoms with E-state index in [9.17, 15) is 4.39 Å². The highest BCUT2D eigenvalue weighted by Crippen LogP contribution is 2.13. The van der Waals surface area contributed by atoms with Crippen molar-refractivity contribution >= 4 is 18.4 Å². The van der Waals surface area contributed by atoms with Gasteiger partial charge in [0.25, 0.3) is 0 Å². The molecule has 1 atom stereocenters. The predicted molar refractivity (Wildman–Crippen MR) is 63.5 cm³/mol. The molecule has 1 aliphatic rings. The average Bonchev–Trinajstić information content (AvgIpc) is 2.30. The van der Waals surface area contributed by atoms with Crippen LogP contribution in [0.5, 0.6) is 0 Å². The van der Waals surface area contributed by atoms with E-state index in [4.69, 9.17) is 0 Å². The lowest BCUT2D eigenvalue weighted by molar-refractivity contribution is 0.440. The number of piperidine rings is 1. The summed E-state index contributed by atoms with van der Waals surface area (Å²) in [6.07, 6.45) is 4.70. The second-order valence-electron chi connectivity index (χ2n) is 3.81. The van der Waals surface area contributed by atoms with E-state index in [-0.39, 0.29) is 12.4 Å². The fraction of sp³-hybridized carbons (Fsp3) is 0.600. The van der Waals surface area contributed by atoms with Gasteiger partial charge in [-0.15, -0.1) is 12.4 Å². The molecule has 90 valence electrons. The summed E-state index contributed by atoms with van der Waals surface area (Å²) in [6.45, 7) is 2.02. The van der Waals surface area contributed by atoms with Crippen LogP contribution in [-0.2, 0) is 0 Å². The lowest BCUT2D eigenvalue weighted by Crippen LogP contribution is -2.44. The molecular weight excluding hydrogens is 231 g/mol. The fourth-order valence-electron chi connectivity index (χ4n) is 1.81. The van der Waals surface area contributed by atoms with Crippen LogP contribution < -0.4 is 10.2 Å². The Bertz CT molecular complexity index is 313. The Morgan fingerprint density at radius 3 is 2.69 bits per heavy atom. The number of aromatic nitrogens is 2. The predicted octanol–water partition coefficient (Wildman–Crippen LogP) is 1.23. The number of nitrogens with one attached hydrogen (secondary N) is 1. The van der Waals surface area contributed by atoms with Crippen LogP contribution in [0, 0.1) is 5.82 Å². The van der Waals surface area contributed by atoms with Crippen molar-refractivity contribution in [2.75, 3.05) is 25.0 Å². The normalized spacial score (nSPS) is 20.0. The van der Waals surface area contributed by atoms with E-state index in [1.807, 2.05) is 11.9 Å². The first-order valence-electron chi connectivity index (χ1n) is 5.18. The van der Waals surface area contributed by atoms with Gasteiger partial charge >= 0.3 is 0 Å². The summed E-state index contributed by atoms with van der Waals surface area (Å²) in [5, 5.41) is 3.33. The summed E-state index contributed by atoms with van der Waals surface area (Å²) >= 11 is 0. The first-order chi connectivity index (χ1) is 7.27. The molecule has 0 amide bonds. The van der Waals surface area contributed by atoms with Crippen molar-refractivity contribution in [3.05, 3.63) is 18.2 Å². The SMILES string of the molecule is CN(c1ncc(F)cn1)[C@H]1CCCNC1.Cl. The van der Waals surface area contributed by atoms with Crippen LogP contribution in [0.15, 0.2) is 12.4 Å². The molecule has 0 unspecified atom stereocenters. The number of hydrogen-bond donors (Lipinski definition) is 1. The molecule has 6 heteroatoms. The summed E-state index contributed by atoms with van der Waals surface area (Å²) in [5.74, 6) is 0.194. The maximum atomic E-state index is 12.6. The molecule has 2 heterocycles. The van der Waals surface area contributed by atoms with Crippen molar-refractivity contribution in [3.63, 3.8) is 0 Å². The van der Waals surface area contributed by atoms with E-state index < -0.39 is 5.82 Å².